The summed E-state index contributed by atoms with van der Waals surface area (Å²) in [7, 11) is 0. The highest BCUT2D eigenvalue weighted by molar-refractivity contribution is 5.68. The van der Waals surface area contributed by atoms with Crippen LogP contribution in [-0.4, -0.2) is 34.6 Å². The second kappa shape index (κ2) is 6.25. The molecule has 0 amide bonds. The van der Waals surface area contributed by atoms with Gasteiger partial charge in [0.1, 0.15) is 0 Å². The Morgan fingerprint density at radius 2 is 1.95 bits per heavy atom. The predicted molar refractivity (Wildman–Crippen MR) is 77.2 cm³/mol. The molecule has 3 heteroatoms. The van der Waals surface area contributed by atoms with Gasteiger partial charge in [0.2, 0.25) is 0 Å². The Morgan fingerprint density at radius 1 is 1.26 bits per heavy atom. The van der Waals surface area contributed by atoms with E-state index in [0.717, 1.165) is 25.9 Å². The van der Waals surface area contributed by atoms with E-state index in [1.165, 1.54) is 32.1 Å². The van der Waals surface area contributed by atoms with Gasteiger partial charge in [-0.1, -0.05) is 33.1 Å². The van der Waals surface area contributed by atoms with Gasteiger partial charge in [-0.2, -0.15) is 0 Å². The lowest BCUT2D eigenvalue weighted by Gasteiger charge is -2.50. The number of rotatable bonds is 4. The minimum absolute atomic E-state index is 0.0422. The molecule has 0 aromatic heterocycles. The van der Waals surface area contributed by atoms with Crippen LogP contribution >= 0.6 is 0 Å². The molecule has 2 aliphatic rings. The van der Waals surface area contributed by atoms with Crippen molar-refractivity contribution in [1.82, 2.24) is 4.90 Å². The highest BCUT2D eigenvalue weighted by atomic mass is 16.4. The fraction of sp³-hybridized carbons (Fsp3) is 0.938. The quantitative estimate of drug-likeness (QED) is 0.847. The highest BCUT2D eigenvalue weighted by Gasteiger charge is 2.43. The van der Waals surface area contributed by atoms with Crippen LogP contribution in [0.15, 0.2) is 0 Å². The molecule has 0 spiro atoms. The molecule has 1 aliphatic carbocycles. The van der Waals surface area contributed by atoms with E-state index >= 15 is 0 Å². The second-order valence-corrected chi connectivity index (χ2v) is 6.94. The van der Waals surface area contributed by atoms with Crippen molar-refractivity contribution >= 4 is 5.97 Å². The Morgan fingerprint density at radius 3 is 2.53 bits per heavy atom. The molecule has 1 N–H and O–H groups in total. The third-order valence-corrected chi connectivity index (χ3v) is 5.31. The molecule has 2 rings (SSSR count). The van der Waals surface area contributed by atoms with Gasteiger partial charge in [-0.3, -0.25) is 9.69 Å². The van der Waals surface area contributed by atoms with Gasteiger partial charge in [0.25, 0.3) is 0 Å². The number of hydrogen-bond donors (Lipinski definition) is 1. The third kappa shape index (κ3) is 3.50. The van der Waals surface area contributed by atoms with E-state index in [0.29, 0.717) is 18.3 Å². The second-order valence-electron chi connectivity index (χ2n) is 6.94. The van der Waals surface area contributed by atoms with Crippen LogP contribution in [0.25, 0.3) is 0 Å². The number of carbonyl (C=O) groups is 1. The first-order valence-corrected chi connectivity index (χ1v) is 8.00. The van der Waals surface area contributed by atoms with Crippen LogP contribution in [0, 0.1) is 11.8 Å². The van der Waals surface area contributed by atoms with E-state index in [4.69, 9.17) is 0 Å². The first-order chi connectivity index (χ1) is 9.03. The zero-order valence-corrected chi connectivity index (χ0v) is 12.5. The van der Waals surface area contributed by atoms with E-state index in [2.05, 4.69) is 18.7 Å². The number of hydrogen-bond acceptors (Lipinski definition) is 2. The summed E-state index contributed by atoms with van der Waals surface area (Å²) in [5.41, 5.74) is -0.0422. The number of piperidine rings is 1. The molecular weight excluding hydrogens is 238 g/mol. The molecule has 1 saturated heterocycles. The number of nitrogens with zero attached hydrogens (tertiary/aromatic N) is 1. The van der Waals surface area contributed by atoms with Crippen molar-refractivity contribution in [2.75, 3.05) is 13.1 Å². The summed E-state index contributed by atoms with van der Waals surface area (Å²) in [6.45, 7) is 6.80. The topological polar surface area (TPSA) is 40.5 Å². The molecule has 2 unspecified atom stereocenters. The molecule has 0 aromatic rings. The van der Waals surface area contributed by atoms with Gasteiger partial charge in [0.15, 0.2) is 0 Å². The lowest BCUT2D eigenvalue weighted by Crippen LogP contribution is -2.55. The standard InChI is InChI=1S/C16H29NO2/c1-13(2)14-7-6-8-16(11-14,12-15(18)19)17-9-4-3-5-10-17/h13-14H,3-12H2,1-2H3,(H,18,19). The lowest BCUT2D eigenvalue weighted by atomic mass is 9.69. The molecule has 1 heterocycles. The third-order valence-electron chi connectivity index (χ3n) is 5.31. The normalized spacial score (nSPS) is 33.5. The van der Waals surface area contributed by atoms with Gasteiger partial charge in [-0.05, 0) is 50.6 Å². The summed E-state index contributed by atoms with van der Waals surface area (Å²) in [6, 6.07) is 0. The average molecular weight is 267 g/mol. The average Bonchev–Trinajstić information content (AvgIpc) is 2.39. The Balaban J connectivity index is 2.15. The van der Waals surface area contributed by atoms with Crippen LogP contribution in [0.1, 0.15) is 65.2 Å². The monoisotopic (exact) mass is 267 g/mol. The fourth-order valence-corrected chi connectivity index (χ4v) is 4.16. The zero-order valence-electron chi connectivity index (χ0n) is 12.5. The Labute approximate surface area is 117 Å². The Hall–Kier alpha value is -0.570. The van der Waals surface area contributed by atoms with Gasteiger partial charge in [0, 0.05) is 5.54 Å². The SMILES string of the molecule is CC(C)C1CCCC(CC(=O)O)(N2CCCCC2)C1. The van der Waals surface area contributed by atoms with Crippen molar-refractivity contribution in [1.29, 1.82) is 0 Å². The molecule has 0 aromatic carbocycles. The van der Waals surface area contributed by atoms with Gasteiger partial charge in [-0.15, -0.1) is 0 Å². The van der Waals surface area contributed by atoms with Crippen molar-refractivity contribution < 1.29 is 9.90 Å². The minimum Gasteiger partial charge on any atom is -0.481 e. The summed E-state index contributed by atoms with van der Waals surface area (Å²) in [5, 5.41) is 9.36. The van der Waals surface area contributed by atoms with E-state index in [1.54, 1.807) is 0 Å². The molecule has 19 heavy (non-hydrogen) atoms. The molecule has 110 valence electrons. The Kier molecular flexibility index (Phi) is 4.88. The maximum absolute atomic E-state index is 11.4. The van der Waals surface area contributed by atoms with Gasteiger partial charge in [-0.25, -0.2) is 0 Å². The molecule has 0 radical (unpaired) electrons. The maximum atomic E-state index is 11.4. The van der Waals surface area contributed by atoms with Gasteiger partial charge in [0.05, 0.1) is 6.42 Å². The lowest BCUT2D eigenvalue weighted by molar-refractivity contribution is -0.142. The molecule has 0 bridgehead atoms. The Bertz CT molecular complexity index is 310. The fourth-order valence-electron chi connectivity index (χ4n) is 4.16. The van der Waals surface area contributed by atoms with Crippen molar-refractivity contribution in [3.05, 3.63) is 0 Å². The van der Waals surface area contributed by atoms with E-state index in [9.17, 15) is 9.90 Å². The largest absolute Gasteiger partial charge is 0.481 e. The van der Waals surface area contributed by atoms with Crippen LogP contribution < -0.4 is 0 Å². The first-order valence-electron chi connectivity index (χ1n) is 8.00. The predicted octanol–water partition coefficient (Wildman–Crippen LogP) is 3.53. The molecule has 2 fully saturated rings. The summed E-state index contributed by atoms with van der Waals surface area (Å²) in [4.78, 5) is 13.9. The molecule has 3 nitrogen and oxygen atoms in total. The van der Waals surface area contributed by atoms with Crippen molar-refractivity contribution in [3.63, 3.8) is 0 Å². The molecular formula is C16H29NO2. The molecule has 1 aliphatic heterocycles. The van der Waals surface area contributed by atoms with Crippen LogP contribution in [0.2, 0.25) is 0 Å². The van der Waals surface area contributed by atoms with Gasteiger partial charge >= 0.3 is 5.97 Å². The molecule has 2 atom stereocenters. The van der Waals surface area contributed by atoms with Crippen LogP contribution in [-0.2, 0) is 4.79 Å². The van der Waals surface area contributed by atoms with E-state index in [-0.39, 0.29) is 5.54 Å². The summed E-state index contributed by atoms with van der Waals surface area (Å²) < 4.78 is 0. The van der Waals surface area contributed by atoms with E-state index < -0.39 is 5.97 Å². The molecule has 1 saturated carbocycles. The zero-order chi connectivity index (χ0) is 13.9. The highest BCUT2D eigenvalue weighted by Crippen LogP contribution is 2.43. The summed E-state index contributed by atoms with van der Waals surface area (Å²) in [5.74, 6) is 0.767. The summed E-state index contributed by atoms with van der Waals surface area (Å²) in [6.07, 6.45) is 8.81. The number of likely N-dealkylation sites (tertiary alicyclic amines) is 1. The van der Waals surface area contributed by atoms with Gasteiger partial charge < -0.3 is 5.11 Å². The number of carboxylic acid groups (broad SMARTS) is 1. The minimum atomic E-state index is -0.616. The number of carboxylic acids is 1. The van der Waals surface area contributed by atoms with E-state index in [1.807, 2.05) is 0 Å². The van der Waals surface area contributed by atoms with Crippen molar-refractivity contribution in [2.45, 2.75) is 70.8 Å². The summed E-state index contributed by atoms with van der Waals surface area (Å²) >= 11 is 0. The van der Waals surface area contributed by atoms with Crippen LogP contribution in [0.4, 0.5) is 0 Å². The first kappa shape index (κ1) is 14.8. The van der Waals surface area contributed by atoms with Crippen LogP contribution in [0.3, 0.4) is 0 Å². The number of aliphatic carboxylic acids is 1. The maximum Gasteiger partial charge on any atom is 0.305 e. The van der Waals surface area contributed by atoms with Crippen molar-refractivity contribution in [2.24, 2.45) is 11.8 Å². The van der Waals surface area contributed by atoms with Crippen molar-refractivity contribution in [3.8, 4) is 0 Å². The smallest absolute Gasteiger partial charge is 0.305 e. The van der Waals surface area contributed by atoms with Crippen LogP contribution in [0.5, 0.6) is 0 Å².